The minimum absolute atomic E-state index is 0.236. The number of nitrogens with one attached hydrogen (secondary N) is 1. The minimum atomic E-state index is -0.799. The maximum atomic E-state index is 13.5. The summed E-state index contributed by atoms with van der Waals surface area (Å²) in [5.41, 5.74) is 1.01. The van der Waals surface area contributed by atoms with Crippen LogP contribution in [0.25, 0.3) is 5.95 Å². The standard InChI is InChI=1S/C29H29N7O5/c37-27(31-10-8-21-6-7-24-25(18-21)40-17-16-39-24)23-19-34(26-9-11-32-28(33-26)35-13-12-30-20-35)14-15-36(23)29(38)41-22-4-2-1-3-5-22/h1-7,9,11-13,18,20,23H,8,10,14-17,19H2,(H,31,37). The molecule has 1 saturated heterocycles. The number of ether oxygens (including phenoxy) is 3. The Kier molecular flexibility index (Phi) is 7.61. The number of para-hydroxylation sites is 1. The van der Waals surface area contributed by atoms with E-state index >= 15 is 0 Å². The van der Waals surface area contributed by atoms with Crippen LogP contribution in [-0.4, -0.2) is 81.9 Å². The number of benzene rings is 2. The van der Waals surface area contributed by atoms with Crippen molar-refractivity contribution in [3.8, 4) is 23.2 Å². The fourth-order valence-corrected chi connectivity index (χ4v) is 4.79. The third-order valence-electron chi connectivity index (χ3n) is 6.87. The minimum Gasteiger partial charge on any atom is -0.486 e. The largest absolute Gasteiger partial charge is 0.486 e. The van der Waals surface area contributed by atoms with Crippen LogP contribution in [0.1, 0.15) is 5.56 Å². The van der Waals surface area contributed by atoms with Gasteiger partial charge in [0.15, 0.2) is 11.5 Å². The Morgan fingerprint density at radius 1 is 1.00 bits per heavy atom. The predicted molar refractivity (Wildman–Crippen MR) is 148 cm³/mol. The Balaban J connectivity index is 1.16. The normalized spacial score (nSPS) is 16.2. The number of rotatable bonds is 7. The lowest BCUT2D eigenvalue weighted by Crippen LogP contribution is -2.61. The van der Waals surface area contributed by atoms with Crippen LogP contribution < -0.4 is 24.4 Å². The zero-order valence-electron chi connectivity index (χ0n) is 22.3. The van der Waals surface area contributed by atoms with Crippen LogP contribution in [0.4, 0.5) is 10.6 Å². The smallest absolute Gasteiger partial charge is 0.416 e. The third-order valence-corrected chi connectivity index (χ3v) is 6.87. The van der Waals surface area contributed by atoms with Crippen molar-refractivity contribution in [3.05, 3.63) is 85.1 Å². The first-order valence-corrected chi connectivity index (χ1v) is 13.4. The zero-order valence-corrected chi connectivity index (χ0v) is 22.3. The Bertz CT molecular complexity index is 1500. The van der Waals surface area contributed by atoms with Gasteiger partial charge in [-0.15, -0.1) is 0 Å². The SMILES string of the molecule is O=C(NCCc1ccc2c(c1)OCCO2)C1CN(c2ccnc(-n3ccnc3)n2)CCN1C(=O)Oc1ccccc1. The van der Waals surface area contributed by atoms with Gasteiger partial charge in [0.1, 0.15) is 37.2 Å². The lowest BCUT2D eigenvalue weighted by Gasteiger charge is -2.40. The first-order valence-electron chi connectivity index (χ1n) is 13.4. The maximum Gasteiger partial charge on any atom is 0.416 e. The zero-order chi connectivity index (χ0) is 28.0. The lowest BCUT2D eigenvalue weighted by atomic mass is 10.1. The van der Waals surface area contributed by atoms with Gasteiger partial charge in [0.05, 0.1) is 0 Å². The van der Waals surface area contributed by atoms with Crippen molar-refractivity contribution in [3.63, 3.8) is 0 Å². The summed E-state index contributed by atoms with van der Waals surface area (Å²) >= 11 is 0. The molecule has 0 saturated carbocycles. The number of hydrogen-bond donors (Lipinski definition) is 1. The van der Waals surface area contributed by atoms with Crippen molar-refractivity contribution in [1.29, 1.82) is 0 Å². The van der Waals surface area contributed by atoms with Gasteiger partial charge in [0.25, 0.3) is 0 Å². The van der Waals surface area contributed by atoms with Gasteiger partial charge in [0.2, 0.25) is 11.9 Å². The molecule has 0 bridgehead atoms. The Hall–Kier alpha value is -5.13. The van der Waals surface area contributed by atoms with Crippen LogP contribution in [0.2, 0.25) is 0 Å². The second kappa shape index (κ2) is 11.9. The summed E-state index contributed by atoms with van der Waals surface area (Å²) in [6.07, 6.45) is 6.70. The molecule has 1 fully saturated rings. The molecule has 1 atom stereocenters. The summed E-state index contributed by atoms with van der Waals surface area (Å²) in [5, 5.41) is 3.00. The number of nitrogens with zero attached hydrogens (tertiary/aromatic N) is 6. The predicted octanol–water partition coefficient (Wildman–Crippen LogP) is 2.48. The number of anilines is 1. The topological polar surface area (TPSA) is 124 Å². The summed E-state index contributed by atoms with van der Waals surface area (Å²) in [7, 11) is 0. The van der Waals surface area contributed by atoms with Gasteiger partial charge in [-0.25, -0.2) is 14.8 Å². The summed E-state index contributed by atoms with van der Waals surface area (Å²) < 4.78 is 18.6. The summed E-state index contributed by atoms with van der Waals surface area (Å²) in [6.45, 7) is 2.40. The molecule has 2 aliphatic heterocycles. The van der Waals surface area contributed by atoms with Gasteiger partial charge in [0, 0.05) is 44.8 Å². The Morgan fingerprint density at radius 2 is 1.85 bits per heavy atom. The molecule has 41 heavy (non-hydrogen) atoms. The lowest BCUT2D eigenvalue weighted by molar-refractivity contribution is -0.125. The monoisotopic (exact) mass is 555 g/mol. The number of piperazine rings is 1. The summed E-state index contributed by atoms with van der Waals surface area (Å²) in [5.74, 6) is 2.68. The third kappa shape index (κ3) is 6.06. The van der Waals surface area contributed by atoms with Crippen LogP contribution in [0.3, 0.4) is 0 Å². The van der Waals surface area contributed by atoms with E-state index in [9.17, 15) is 9.59 Å². The van der Waals surface area contributed by atoms with E-state index in [4.69, 9.17) is 14.2 Å². The van der Waals surface area contributed by atoms with E-state index < -0.39 is 12.1 Å². The highest BCUT2D eigenvalue weighted by Crippen LogP contribution is 2.30. The molecule has 12 nitrogen and oxygen atoms in total. The highest BCUT2D eigenvalue weighted by Gasteiger charge is 2.37. The number of imidazole rings is 1. The molecule has 4 aromatic rings. The van der Waals surface area contributed by atoms with E-state index in [2.05, 4.69) is 20.3 Å². The van der Waals surface area contributed by atoms with Gasteiger partial charge in [-0.05, 0) is 42.3 Å². The second-order valence-corrected chi connectivity index (χ2v) is 9.54. The molecule has 12 heteroatoms. The Labute approximate surface area is 236 Å². The average molecular weight is 556 g/mol. The summed E-state index contributed by atoms with van der Waals surface area (Å²) in [4.78, 5) is 43.2. The van der Waals surface area contributed by atoms with Crippen LogP contribution in [-0.2, 0) is 11.2 Å². The molecular weight excluding hydrogens is 526 g/mol. The average Bonchev–Trinajstić information content (AvgIpc) is 3.57. The number of hydrogen-bond acceptors (Lipinski definition) is 9. The van der Waals surface area contributed by atoms with E-state index in [1.165, 1.54) is 4.90 Å². The maximum absolute atomic E-state index is 13.5. The number of carbonyl (C=O) groups excluding carboxylic acids is 2. The summed E-state index contributed by atoms with van der Waals surface area (Å²) in [6, 6.07) is 15.6. The Morgan fingerprint density at radius 3 is 2.68 bits per heavy atom. The molecule has 6 rings (SSSR count). The van der Waals surface area contributed by atoms with Crippen LogP contribution >= 0.6 is 0 Å². The number of carbonyl (C=O) groups is 2. The quantitative estimate of drug-likeness (QED) is 0.366. The van der Waals surface area contributed by atoms with Gasteiger partial charge in [-0.3, -0.25) is 14.3 Å². The van der Waals surface area contributed by atoms with Crippen molar-refractivity contribution < 1.29 is 23.8 Å². The molecular formula is C29H29N7O5. The highest BCUT2D eigenvalue weighted by atomic mass is 16.6. The number of fused-ring (bicyclic) bond motifs is 1. The van der Waals surface area contributed by atoms with Gasteiger partial charge < -0.3 is 24.4 Å². The van der Waals surface area contributed by atoms with Crippen LogP contribution in [0, 0.1) is 0 Å². The number of aromatic nitrogens is 4. The second-order valence-electron chi connectivity index (χ2n) is 9.54. The molecule has 2 aromatic heterocycles. The van der Waals surface area contributed by atoms with Gasteiger partial charge in [-0.2, -0.15) is 4.98 Å². The molecule has 4 heterocycles. The van der Waals surface area contributed by atoms with E-state index in [1.807, 2.05) is 29.2 Å². The number of amides is 2. The van der Waals surface area contributed by atoms with Crippen molar-refractivity contribution in [2.45, 2.75) is 12.5 Å². The fourth-order valence-electron chi connectivity index (χ4n) is 4.79. The molecule has 1 unspecified atom stereocenters. The van der Waals surface area contributed by atoms with Crippen molar-refractivity contribution in [2.75, 3.05) is 44.3 Å². The van der Waals surface area contributed by atoms with E-state index in [0.717, 1.165) is 11.3 Å². The van der Waals surface area contributed by atoms with E-state index in [0.29, 0.717) is 56.0 Å². The molecule has 0 spiro atoms. The fraction of sp³-hybridized carbons (Fsp3) is 0.276. The van der Waals surface area contributed by atoms with Crippen molar-refractivity contribution >= 4 is 17.8 Å². The van der Waals surface area contributed by atoms with E-state index in [-0.39, 0.29) is 19.0 Å². The van der Waals surface area contributed by atoms with E-state index in [1.54, 1.807) is 59.8 Å². The molecule has 2 aromatic carbocycles. The first-order chi connectivity index (χ1) is 20.1. The molecule has 1 N–H and O–H groups in total. The first kappa shape index (κ1) is 26.1. The van der Waals surface area contributed by atoms with Gasteiger partial charge >= 0.3 is 6.09 Å². The molecule has 0 aliphatic carbocycles. The van der Waals surface area contributed by atoms with Gasteiger partial charge in [-0.1, -0.05) is 24.3 Å². The van der Waals surface area contributed by atoms with Crippen LogP contribution in [0.15, 0.2) is 79.5 Å². The molecule has 210 valence electrons. The molecule has 2 amide bonds. The molecule has 2 aliphatic rings. The van der Waals surface area contributed by atoms with Crippen molar-refractivity contribution in [2.24, 2.45) is 0 Å². The molecule has 0 radical (unpaired) electrons. The van der Waals surface area contributed by atoms with Crippen molar-refractivity contribution in [1.82, 2.24) is 29.7 Å². The van der Waals surface area contributed by atoms with Crippen LogP contribution in [0.5, 0.6) is 17.2 Å². The highest BCUT2D eigenvalue weighted by molar-refractivity contribution is 5.87.